The fraction of sp³-hybridized carbons (Fsp3) is 0. The number of para-hydroxylation sites is 2. The molecule has 0 bridgehead atoms. The van der Waals surface area contributed by atoms with Gasteiger partial charge in [0.2, 0.25) is 11.6 Å². The van der Waals surface area contributed by atoms with E-state index >= 15 is 17.6 Å². The van der Waals surface area contributed by atoms with E-state index in [9.17, 15) is 26.3 Å². The van der Waals surface area contributed by atoms with Crippen molar-refractivity contribution < 1.29 is 43.9 Å². The zero-order valence-corrected chi connectivity index (χ0v) is 20.4. The Kier molecular flexibility index (Phi) is 5.40. The average Bonchev–Trinajstić information content (AvgIpc) is 3.51. The maximum absolute atomic E-state index is 15.3. The summed E-state index contributed by atoms with van der Waals surface area (Å²) in [5, 5.41) is 0.699. The molecule has 210 valence electrons. The number of hydrogen-bond donors (Lipinski definition) is 0. The molecule has 12 heteroatoms. The third-order valence-electron chi connectivity index (χ3n) is 7.29. The van der Waals surface area contributed by atoms with Gasteiger partial charge in [0, 0.05) is 21.5 Å². The van der Waals surface area contributed by atoms with Gasteiger partial charge in [-0.25, -0.2) is 43.9 Å². The third-order valence-corrected chi connectivity index (χ3v) is 7.29. The Morgan fingerprint density at radius 3 is 0.929 bits per heavy atom. The summed E-state index contributed by atoms with van der Waals surface area (Å²) < 4.78 is 148. The van der Waals surface area contributed by atoms with Crippen LogP contribution in [0.3, 0.4) is 0 Å². The van der Waals surface area contributed by atoms with Gasteiger partial charge in [-0.15, -0.1) is 0 Å². The van der Waals surface area contributed by atoms with Gasteiger partial charge in [0.15, 0.2) is 46.5 Å². The Bertz CT molecular complexity index is 2100. The van der Waals surface area contributed by atoms with Crippen molar-refractivity contribution in [2.24, 2.45) is 0 Å². The number of fused-ring (bicyclic) bond motifs is 7. The lowest BCUT2D eigenvalue weighted by atomic mass is 10.1. The maximum Gasteiger partial charge on any atom is 0.200 e. The second-order valence-electron chi connectivity index (χ2n) is 9.40. The predicted octanol–water partition coefficient (Wildman–Crippen LogP) is 9.27. The first-order chi connectivity index (χ1) is 20.1. The monoisotopic (exact) mass is 588 g/mol. The van der Waals surface area contributed by atoms with Crippen LogP contribution in [0.15, 0.2) is 60.7 Å². The molecule has 0 aliphatic rings. The zero-order valence-electron chi connectivity index (χ0n) is 20.4. The molecule has 0 fully saturated rings. The van der Waals surface area contributed by atoms with Crippen LogP contribution in [-0.4, -0.2) is 9.13 Å². The first-order valence-electron chi connectivity index (χ1n) is 12.0. The lowest BCUT2D eigenvalue weighted by molar-refractivity contribution is 0.376. The van der Waals surface area contributed by atoms with Crippen LogP contribution in [0.5, 0.6) is 0 Å². The minimum atomic E-state index is -2.41. The second-order valence-corrected chi connectivity index (χ2v) is 9.40. The first-order valence-corrected chi connectivity index (χ1v) is 12.0. The molecule has 2 heterocycles. The molecule has 0 radical (unpaired) electrons. The Balaban J connectivity index is 1.83. The fourth-order valence-electron chi connectivity index (χ4n) is 5.54. The van der Waals surface area contributed by atoms with Gasteiger partial charge in [-0.05, 0) is 12.1 Å². The van der Waals surface area contributed by atoms with Gasteiger partial charge in [-0.1, -0.05) is 48.5 Å². The molecule has 0 aliphatic carbocycles. The molecule has 0 saturated heterocycles. The van der Waals surface area contributed by atoms with Crippen LogP contribution in [0.4, 0.5) is 43.9 Å². The van der Waals surface area contributed by atoms with E-state index in [1.54, 1.807) is 0 Å². The standard InChI is InChI=1S/C30H10F10N2/c31-17-19(33)23(37)29(24(38)20(17)34)41-15-7-3-1-5-11(15)13-9-10-14-12-6-2-4-8-16(12)42(28(14)27(13)41)30-25(39)21(35)18(32)22(36)26(30)40/h1-10H. The van der Waals surface area contributed by atoms with Crippen LogP contribution in [0.1, 0.15) is 0 Å². The minimum Gasteiger partial charge on any atom is -0.302 e. The molecule has 7 aromatic rings. The second kappa shape index (κ2) is 8.75. The van der Waals surface area contributed by atoms with E-state index in [1.165, 1.54) is 60.7 Å². The summed E-state index contributed by atoms with van der Waals surface area (Å²) in [6.45, 7) is 0. The highest BCUT2D eigenvalue weighted by atomic mass is 19.2. The van der Waals surface area contributed by atoms with E-state index in [1.807, 2.05) is 0 Å². The van der Waals surface area contributed by atoms with Crippen LogP contribution in [0.2, 0.25) is 0 Å². The van der Waals surface area contributed by atoms with Crippen LogP contribution < -0.4 is 0 Å². The Labute approximate surface area is 227 Å². The molecule has 2 aromatic heterocycles. The number of nitrogens with zero attached hydrogens (tertiary/aromatic N) is 2. The number of aromatic nitrogens is 2. The van der Waals surface area contributed by atoms with Crippen molar-refractivity contribution in [3.05, 3.63) is 119 Å². The molecular weight excluding hydrogens is 578 g/mol. The van der Waals surface area contributed by atoms with E-state index < -0.39 is 69.5 Å². The van der Waals surface area contributed by atoms with Gasteiger partial charge in [-0.3, -0.25) is 0 Å². The van der Waals surface area contributed by atoms with Gasteiger partial charge >= 0.3 is 0 Å². The number of rotatable bonds is 2. The number of hydrogen-bond acceptors (Lipinski definition) is 0. The molecule has 0 amide bonds. The molecule has 7 rings (SSSR count). The maximum atomic E-state index is 15.3. The first kappa shape index (κ1) is 25.9. The van der Waals surface area contributed by atoms with Crippen molar-refractivity contribution in [3.8, 4) is 11.4 Å². The van der Waals surface area contributed by atoms with Crippen LogP contribution in [0, 0.1) is 58.2 Å². The van der Waals surface area contributed by atoms with E-state index in [2.05, 4.69) is 0 Å². The SMILES string of the molecule is Fc1c(F)c(F)c(-n2c3ccccc3c3ccc4c5ccccc5n(-c5c(F)c(F)c(F)c(F)c5F)c4c32)c(F)c1F. The normalized spacial score (nSPS) is 12.0. The molecule has 0 N–H and O–H groups in total. The third kappa shape index (κ3) is 3.11. The topological polar surface area (TPSA) is 9.86 Å². The Morgan fingerprint density at radius 1 is 0.310 bits per heavy atom. The van der Waals surface area contributed by atoms with Crippen molar-refractivity contribution in [1.82, 2.24) is 9.13 Å². The van der Waals surface area contributed by atoms with E-state index in [0.717, 1.165) is 0 Å². The van der Waals surface area contributed by atoms with Crippen molar-refractivity contribution in [1.29, 1.82) is 0 Å². The summed E-state index contributed by atoms with van der Waals surface area (Å²) in [6.07, 6.45) is 0. The highest BCUT2D eigenvalue weighted by molar-refractivity contribution is 6.23. The summed E-state index contributed by atoms with van der Waals surface area (Å²) in [4.78, 5) is 0. The molecule has 0 saturated carbocycles. The van der Waals surface area contributed by atoms with Gasteiger partial charge < -0.3 is 9.13 Å². The number of halogens is 10. The molecule has 0 atom stereocenters. The summed E-state index contributed by atoms with van der Waals surface area (Å²) in [5.41, 5.74) is -3.59. The van der Waals surface area contributed by atoms with E-state index in [0.29, 0.717) is 9.13 Å². The van der Waals surface area contributed by atoms with Gasteiger partial charge in [-0.2, -0.15) is 0 Å². The van der Waals surface area contributed by atoms with Gasteiger partial charge in [0.1, 0.15) is 11.4 Å². The molecule has 0 unspecified atom stereocenters. The van der Waals surface area contributed by atoms with Crippen LogP contribution in [0.25, 0.3) is 55.0 Å². The van der Waals surface area contributed by atoms with Crippen LogP contribution in [-0.2, 0) is 0 Å². The molecule has 2 nitrogen and oxygen atoms in total. The summed E-state index contributed by atoms with van der Waals surface area (Å²) >= 11 is 0. The van der Waals surface area contributed by atoms with E-state index in [4.69, 9.17) is 0 Å². The predicted molar refractivity (Wildman–Crippen MR) is 135 cm³/mol. The van der Waals surface area contributed by atoms with E-state index in [-0.39, 0.29) is 43.6 Å². The average molecular weight is 588 g/mol. The summed E-state index contributed by atoms with van der Waals surface area (Å²) in [6, 6.07) is 14.4. The summed E-state index contributed by atoms with van der Waals surface area (Å²) in [7, 11) is 0. The lowest BCUT2D eigenvalue weighted by Crippen LogP contribution is -2.11. The zero-order chi connectivity index (χ0) is 29.8. The van der Waals surface area contributed by atoms with Crippen LogP contribution >= 0.6 is 0 Å². The summed E-state index contributed by atoms with van der Waals surface area (Å²) in [5.74, 6) is -22.6. The minimum absolute atomic E-state index is 0.0718. The largest absolute Gasteiger partial charge is 0.302 e. The molecule has 0 spiro atoms. The Hall–Kier alpha value is -5.00. The van der Waals surface area contributed by atoms with Crippen molar-refractivity contribution >= 4 is 43.6 Å². The lowest BCUT2D eigenvalue weighted by Gasteiger charge is -2.16. The van der Waals surface area contributed by atoms with Crippen molar-refractivity contribution in [3.63, 3.8) is 0 Å². The fourth-order valence-corrected chi connectivity index (χ4v) is 5.54. The van der Waals surface area contributed by atoms with Gasteiger partial charge in [0.05, 0.1) is 22.1 Å². The van der Waals surface area contributed by atoms with Gasteiger partial charge in [0.25, 0.3) is 0 Å². The molecule has 0 aliphatic heterocycles. The smallest absolute Gasteiger partial charge is 0.200 e. The Morgan fingerprint density at radius 2 is 0.595 bits per heavy atom. The number of benzene rings is 5. The van der Waals surface area contributed by atoms with Crippen molar-refractivity contribution in [2.75, 3.05) is 0 Å². The molecule has 42 heavy (non-hydrogen) atoms. The van der Waals surface area contributed by atoms with Crippen molar-refractivity contribution in [2.45, 2.75) is 0 Å². The molecular formula is C30H10F10N2. The quantitative estimate of drug-likeness (QED) is 0.108. The highest BCUT2D eigenvalue weighted by Gasteiger charge is 2.33. The molecule has 5 aromatic carbocycles. The highest BCUT2D eigenvalue weighted by Crippen LogP contribution is 2.44.